The summed E-state index contributed by atoms with van der Waals surface area (Å²) in [4.78, 5) is 76.4. The number of pyridine rings is 1. The van der Waals surface area contributed by atoms with Gasteiger partial charge >= 0.3 is 10.2 Å². The van der Waals surface area contributed by atoms with E-state index in [-0.39, 0.29) is 56.4 Å². The van der Waals surface area contributed by atoms with Crippen LogP contribution in [-0.2, 0) is 31.1 Å². The van der Waals surface area contributed by atoms with Crippen LogP contribution < -0.4 is 20.3 Å². The van der Waals surface area contributed by atoms with E-state index < -0.39 is 81.1 Å². The number of fused-ring (bicyclic) bond motifs is 1. The van der Waals surface area contributed by atoms with Crippen molar-refractivity contribution in [1.29, 1.82) is 0 Å². The number of aliphatic hydroxyl groups is 1. The average Bonchev–Trinajstić information content (AvgIpc) is 4.41. The van der Waals surface area contributed by atoms with E-state index in [1.165, 1.54) is 11.1 Å². The number of aromatic nitrogens is 3. The third-order valence-corrected chi connectivity index (χ3v) is 18.5. The van der Waals surface area contributed by atoms with Gasteiger partial charge in [-0.1, -0.05) is 57.2 Å². The number of hydrogen-bond acceptors (Lipinski definition) is 13. The maximum atomic E-state index is 15.8. The predicted octanol–water partition coefficient (Wildman–Crippen LogP) is 6.51. The Balaban J connectivity index is 0.678. The Labute approximate surface area is 473 Å². The molecule has 0 radical (unpaired) electrons. The largest absolute Gasteiger partial charge is 0.391 e. The number of piperidine rings is 1. The van der Waals surface area contributed by atoms with Crippen molar-refractivity contribution in [1.82, 2.24) is 44.6 Å². The normalized spacial score (nSPS) is 20.2. The minimum absolute atomic E-state index is 0.00175. The number of rotatable bonds is 17. The number of piperazine rings is 1. The number of nitrogens with one attached hydrogen (secondary N) is 4. The number of likely N-dealkylation sites (tertiary alicyclic amines) is 1. The van der Waals surface area contributed by atoms with E-state index in [0.717, 1.165) is 95.0 Å². The van der Waals surface area contributed by atoms with Gasteiger partial charge in [0.2, 0.25) is 23.5 Å². The Bertz CT molecular complexity index is 3400. The van der Waals surface area contributed by atoms with Crippen molar-refractivity contribution in [2.75, 3.05) is 81.6 Å². The second-order valence-electron chi connectivity index (χ2n) is 22.8. The summed E-state index contributed by atoms with van der Waals surface area (Å²) < 4.78 is 73.4. The summed E-state index contributed by atoms with van der Waals surface area (Å²) in [5.74, 6) is -4.11. The molecular formula is C58H68F3N11O7S2. The van der Waals surface area contributed by atoms with Gasteiger partial charge in [0, 0.05) is 113 Å². The van der Waals surface area contributed by atoms with Crippen molar-refractivity contribution in [3.05, 3.63) is 119 Å². The Kier molecular flexibility index (Phi) is 17.0. The lowest BCUT2D eigenvalue weighted by molar-refractivity contribution is -0.144. The van der Waals surface area contributed by atoms with Crippen LogP contribution in [0.2, 0.25) is 0 Å². The topological polar surface area (TPSA) is 217 Å². The minimum atomic E-state index is -4.37. The highest BCUT2D eigenvalue weighted by molar-refractivity contribution is 7.90. The molecule has 4 aliphatic heterocycles. The number of carbonyl (C=O) groups is 4. The molecule has 6 aromatic rings. The van der Waals surface area contributed by atoms with Crippen molar-refractivity contribution >= 4 is 67.5 Å². The molecule has 0 bridgehead atoms. The molecule has 3 aromatic carbocycles. The second kappa shape index (κ2) is 24.0. The molecular weight excluding hydrogens is 1080 g/mol. The van der Waals surface area contributed by atoms with Crippen LogP contribution in [0.25, 0.3) is 32.6 Å². The van der Waals surface area contributed by atoms with Gasteiger partial charge in [-0.25, -0.2) is 23.1 Å². The highest BCUT2D eigenvalue weighted by Gasteiger charge is 2.45. The van der Waals surface area contributed by atoms with Crippen LogP contribution in [0, 0.1) is 29.9 Å². The average molecular weight is 1150 g/mol. The van der Waals surface area contributed by atoms with E-state index in [4.69, 9.17) is 0 Å². The quantitative estimate of drug-likeness (QED) is 0.0618. The Morgan fingerprint density at radius 2 is 1.57 bits per heavy atom. The fourth-order valence-corrected chi connectivity index (χ4v) is 13.4. The zero-order chi connectivity index (χ0) is 57.3. The molecule has 0 saturated carbocycles. The lowest BCUT2D eigenvalue weighted by Crippen LogP contribution is -2.59. The second-order valence-corrected chi connectivity index (χ2v) is 25.3. The van der Waals surface area contributed by atoms with Crippen molar-refractivity contribution in [2.24, 2.45) is 11.3 Å². The number of benzene rings is 3. The number of amides is 3. The highest BCUT2D eigenvalue weighted by atomic mass is 32.2. The van der Waals surface area contributed by atoms with Crippen molar-refractivity contribution in [3.63, 3.8) is 0 Å². The number of aromatic amines is 1. The molecule has 4 atom stereocenters. The summed E-state index contributed by atoms with van der Waals surface area (Å²) in [6.45, 7) is 13.2. The van der Waals surface area contributed by atoms with Gasteiger partial charge < -0.3 is 35.4 Å². The number of aryl methyl sites for hydroxylation is 1. The van der Waals surface area contributed by atoms with Gasteiger partial charge in [0.15, 0.2) is 5.82 Å². The standard InChI is InChI=1S/C58H68F3N11O7S2/c1-35-53(80-34-65-35)39-7-5-36(6-8-39)27-64-56(76)48-26-43(73)32-72(48)57(77)54(58(2,3)4)66-49(74)33-69-23-21-68(22-24-69)30-37-15-18-70(19-16-37)42-11-9-38(10-12-42)40-25-44-45(29-63-55(44)62-28-40)52(75)50-46(60)13-14-47(51(50)61)67-81(78,79)71-20-17-41(59)31-71/h5-14,25,28-29,34,37,41,43,48,54,67,73H,15-24,26-27,30-33H2,1-4H3,(H,62,63)(H,64,76)(H,66,74)/t41-,43-,48+,54-/m1/s1. The fraction of sp³-hybridized carbons (Fsp3) is 0.448. The molecule has 7 heterocycles. The molecule has 4 saturated heterocycles. The first-order chi connectivity index (χ1) is 38.7. The van der Waals surface area contributed by atoms with Crippen LogP contribution in [0.4, 0.5) is 24.5 Å². The highest BCUT2D eigenvalue weighted by Crippen LogP contribution is 2.34. The molecule has 10 rings (SSSR count). The molecule has 81 heavy (non-hydrogen) atoms. The fourth-order valence-electron chi connectivity index (χ4n) is 11.4. The minimum Gasteiger partial charge on any atom is -0.391 e. The Hall–Kier alpha value is -6.76. The molecule has 430 valence electrons. The lowest BCUT2D eigenvalue weighted by Gasteiger charge is -2.39. The molecule has 23 heteroatoms. The first-order valence-electron chi connectivity index (χ1n) is 27.5. The summed E-state index contributed by atoms with van der Waals surface area (Å²) in [5.41, 5.74) is 5.25. The summed E-state index contributed by atoms with van der Waals surface area (Å²) in [6, 6.07) is 17.5. The van der Waals surface area contributed by atoms with Crippen LogP contribution in [-0.4, -0.2) is 167 Å². The molecule has 0 spiro atoms. The Morgan fingerprint density at radius 1 is 0.864 bits per heavy atom. The van der Waals surface area contributed by atoms with E-state index in [9.17, 15) is 37.1 Å². The summed E-state index contributed by atoms with van der Waals surface area (Å²) in [6.07, 6.45) is 2.83. The van der Waals surface area contributed by atoms with Crippen LogP contribution in [0.5, 0.6) is 0 Å². The number of H-pyrrole nitrogens is 1. The van der Waals surface area contributed by atoms with Crippen LogP contribution in [0.1, 0.15) is 73.6 Å². The van der Waals surface area contributed by atoms with Crippen molar-refractivity contribution < 1.29 is 45.9 Å². The molecule has 3 aromatic heterocycles. The van der Waals surface area contributed by atoms with Gasteiger partial charge in [-0.15, -0.1) is 11.3 Å². The lowest BCUT2D eigenvalue weighted by atomic mass is 9.85. The van der Waals surface area contributed by atoms with Crippen molar-refractivity contribution in [2.45, 2.75) is 84.3 Å². The monoisotopic (exact) mass is 1150 g/mol. The molecule has 3 amide bonds. The molecule has 4 fully saturated rings. The third kappa shape index (κ3) is 13.0. The van der Waals surface area contributed by atoms with Crippen LogP contribution in [0.15, 0.2) is 84.6 Å². The van der Waals surface area contributed by atoms with E-state index in [1.54, 1.807) is 23.6 Å². The third-order valence-electron chi connectivity index (χ3n) is 16.0. The number of halogens is 3. The number of aliphatic hydroxyl groups excluding tert-OH is 1. The van der Waals surface area contributed by atoms with Crippen LogP contribution >= 0.6 is 11.3 Å². The molecule has 5 N–H and O–H groups in total. The van der Waals surface area contributed by atoms with Gasteiger partial charge in [0.1, 0.15) is 29.7 Å². The first kappa shape index (κ1) is 57.5. The maximum absolute atomic E-state index is 15.8. The molecule has 0 aliphatic carbocycles. The molecule has 18 nitrogen and oxygen atoms in total. The number of carbonyl (C=O) groups excluding carboxylic acids is 4. The zero-order valence-corrected chi connectivity index (χ0v) is 47.4. The number of nitrogens with zero attached hydrogens (tertiary/aromatic N) is 7. The van der Waals surface area contributed by atoms with E-state index in [2.05, 4.69) is 40.3 Å². The smallest absolute Gasteiger partial charge is 0.301 e. The number of β-amino-alcohol motifs (C(OH)–C–C–N with tert-alkyl or cyclic N) is 1. The van der Waals surface area contributed by atoms with Gasteiger partial charge in [-0.05, 0) is 84.5 Å². The van der Waals surface area contributed by atoms with Gasteiger partial charge in [-0.2, -0.15) is 12.7 Å². The van der Waals surface area contributed by atoms with Gasteiger partial charge in [0.25, 0.3) is 0 Å². The number of hydrogen-bond donors (Lipinski definition) is 5. The van der Waals surface area contributed by atoms with Gasteiger partial charge in [-0.3, -0.25) is 28.8 Å². The number of alkyl halides is 1. The van der Waals surface area contributed by atoms with Gasteiger partial charge in [0.05, 0.1) is 40.0 Å². The number of ketones is 1. The number of thiazole rings is 1. The Morgan fingerprint density at radius 3 is 2.23 bits per heavy atom. The summed E-state index contributed by atoms with van der Waals surface area (Å²) >= 11 is 1.57. The van der Waals surface area contributed by atoms with E-state index >= 15 is 8.78 Å². The molecule has 4 aliphatic rings. The van der Waals surface area contributed by atoms with Crippen LogP contribution in [0.3, 0.4) is 0 Å². The predicted molar refractivity (Wildman–Crippen MR) is 304 cm³/mol. The van der Waals surface area contributed by atoms with Crippen molar-refractivity contribution in [3.8, 4) is 21.6 Å². The summed E-state index contributed by atoms with van der Waals surface area (Å²) in [5, 5.41) is 17.0. The number of anilines is 2. The maximum Gasteiger partial charge on any atom is 0.301 e. The molecule has 0 unspecified atom stereocenters. The van der Waals surface area contributed by atoms with E-state index in [1.807, 2.05) is 86.5 Å². The SMILES string of the molecule is Cc1ncsc1-c1ccc(CNC(=O)[C@@H]2C[C@@H](O)CN2C(=O)[C@@H](NC(=O)CN2CCN(CC3CCN(c4ccc(-c5cnc6[nH]cc(C(=O)c7c(F)ccc(NS(=O)(=O)N8CC[C@@H](F)C8)c7F)c6c5)cc4)CC3)CC2)C(C)(C)C)cc1. The first-order valence-corrected chi connectivity index (χ1v) is 29.8. The van der Waals surface area contributed by atoms with E-state index in [0.29, 0.717) is 35.6 Å². The zero-order valence-electron chi connectivity index (χ0n) is 45.8. The summed E-state index contributed by atoms with van der Waals surface area (Å²) in [7, 11) is -4.37.